The minimum absolute atomic E-state index is 0.0449. The standard InChI is InChI=1S/C18H13ClF3N3O2/c19-13-5-1-11(2-6-13)17-25-24-16(27-17)10-9-15(26)23-14-7-3-12(4-8-14)18(20,21)22/h1-8H,9-10H2,(H,23,26). The molecule has 3 aromatic rings. The van der Waals surface area contributed by atoms with Crippen molar-refractivity contribution in [1.29, 1.82) is 0 Å². The van der Waals surface area contributed by atoms with Crippen LogP contribution in [0.5, 0.6) is 0 Å². The van der Waals surface area contributed by atoms with Gasteiger partial charge in [0.25, 0.3) is 0 Å². The lowest BCUT2D eigenvalue weighted by atomic mass is 10.2. The first-order chi connectivity index (χ1) is 12.8. The Kier molecular flexibility index (Phi) is 5.46. The normalized spacial score (nSPS) is 11.4. The molecule has 140 valence electrons. The third kappa shape index (κ3) is 5.07. The van der Waals surface area contributed by atoms with Gasteiger partial charge in [0.15, 0.2) is 0 Å². The molecule has 0 aliphatic carbocycles. The summed E-state index contributed by atoms with van der Waals surface area (Å²) < 4.78 is 43.0. The number of anilines is 1. The Morgan fingerprint density at radius 2 is 1.70 bits per heavy atom. The molecule has 1 N–H and O–H groups in total. The molecule has 1 aromatic heterocycles. The van der Waals surface area contributed by atoms with Crippen LogP contribution in [0.1, 0.15) is 17.9 Å². The van der Waals surface area contributed by atoms with Crippen LogP contribution in [-0.4, -0.2) is 16.1 Å². The van der Waals surface area contributed by atoms with Crippen LogP contribution in [-0.2, 0) is 17.4 Å². The number of alkyl halides is 3. The summed E-state index contributed by atoms with van der Waals surface area (Å²) in [6.07, 6.45) is -4.17. The summed E-state index contributed by atoms with van der Waals surface area (Å²) in [5.41, 5.74) is 0.203. The van der Waals surface area contributed by atoms with E-state index in [9.17, 15) is 18.0 Å². The Bertz CT molecular complexity index is 922. The van der Waals surface area contributed by atoms with E-state index in [1.165, 1.54) is 12.1 Å². The first-order valence-electron chi connectivity index (χ1n) is 7.87. The maximum atomic E-state index is 12.5. The van der Waals surface area contributed by atoms with Gasteiger partial charge in [0.1, 0.15) is 0 Å². The average molecular weight is 396 g/mol. The number of hydrogen-bond donors (Lipinski definition) is 1. The highest BCUT2D eigenvalue weighted by atomic mass is 35.5. The zero-order valence-corrected chi connectivity index (χ0v) is 14.5. The van der Waals surface area contributed by atoms with Gasteiger partial charge in [-0.25, -0.2) is 0 Å². The summed E-state index contributed by atoms with van der Waals surface area (Å²) in [6, 6.07) is 11.1. The predicted octanol–water partition coefficient (Wildman–Crippen LogP) is 4.98. The van der Waals surface area contributed by atoms with Gasteiger partial charge in [-0.2, -0.15) is 13.2 Å². The van der Waals surface area contributed by atoms with Gasteiger partial charge >= 0.3 is 6.18 Å². The van der Waals surface area contributed by atoms with E-state index in [1.807, 2.05) is 0 Å². The minimum Gasteiger partial charge on any atom is -0.421 e. The summed E-state index contributed by atoms with van der Waals surface area (Å²) in [5, 5.41) is 10.9. The van der Waals surface area contributed by atoms with Gasteiger partial charge in [0, 0.05) is 29.1 Å². The van der Waals surface area contributed by atoms with E-state index >= 15 is 0 Å². The van der Waals surface area contributed by atoms with Gasteiger partial charge in [-0.05, 0) is 48.5 Å². The molecule has 0 spiro atoms. The first kappa shape index (κ1) is 18.9. The number of aryl methyl sites for hydroxylation is 1. The molecule has 27 heavy (non-hydrogen) atoms. The van der Waals surface area contributed by atoms with Crippen molar-refractivity contribution >= 4 is 23.2 Å². The number of carbonyl (C=O) groups is 1. The molecule has 0 saturated heterocycles. The van der Waals surface area contributed by atoms with Crippen LogP contribution in [0.2, 0.25) is 5.02 Å². The topological polar surface area (TPSA) is 68.0 Å². The van der Waals surface area contributed by atoms with Crippen molar-refractivity contribution in [3.8, 4) is 11.5 Å². The zero-order valence-electron chi connectivity index (χ0n) is 13.8. The van der Waals surface area contributed by atoms with Crippen LogP contribution < -0.4 is 5.32 Å². The van der Waals surface area contributed by atoms with Crippen LogP contribution in [0.3, 0.4) is 0 Å². The third-order valence-electron chi connectivity index (χ3n) is 3.62. The van der Waals surface area contributed by atoms with Crippen LogP contribution in [0.15, 0.2) is 52.9 Å². The Balaban J connectivity index is 1.54. The maximum Gasteiger partial charge on any atom is 0.416 e. The number of nitrogens with zero attached hydrogens (tertiary/aromatic N) is 2. The molecule has 5 nitrogen and oxygen atoms in total. The monoisotopic (exact) mass is 395 g/mol. The zero-order chi connectivity index (χ0) is 19.4. The summed E-state index contributed by atoms with van der Waals surface area (Å²) in [7, 11) is 0. The number of rotatable bonds is 5. The molecule has 0 radical (unpaired) electrons. The van der Waals surface area contributed by atoms with E-state index < -0.39 is 11.7 Å². The van der Waals surface area contributed by atoms with E-state index in [-0.39, 0.29) is 30.3 Å². The Labute approximate surface area is 157 Å². The largest absolute Gasteiger partial charge is 0.421 e. The molecule has 1 heterocycles. The highest BCUT2D eigenvalue weighted by Crippen LogP contribution is 2.29. The molecule has 1 amide bonds. The van der Waals surface area contributed by atoms with Crippen molar-refractivity contribution in [3.63, 3.8) is 0 Å². The molecule has 0 fully saturated rings. The van der Waals surface area contributed by atoms with E-state index in [0.29, 0.717) is 16.5 Å². The van der Waals surface area contributed by atoms with Gasteiger partial charge in [-0.1, -0.05) is 11.6 Å². The lowest BCUT2D eigenvalue weighted by Crippen LogP contribution is -2.13. The molecule has 0 aliphatic heterocycles. The number of halogens is 4. The highest BCUT2D eigenvalue weighted by molar-refractivity contribution is 6.30. The van der Waals surface area contributed by atoms with Crippen LogP contribution in [0, 0.1) is 0 Å². The fourth-order valence-electron chi connectivity index (χ4n) is 2.25. The van der Waals surface area contributed by atoms with Gasteiger partial charge in [0.2, 0.25) is 17.7 Å². The molecule has 0 atom stereocenters. The number of amides is 1. The molecule has 0 saturated carbocycles. The number of hydrogen-bond acceptors (Lipinski definition) is 4. The number of aromatic nitrogens is 2. The second kappa shape index (κ2) is 7.79. The second-order valence-electron chi connectivity index (χ2n) is 5.63. The molecular weight excluding hydrogens is 383 g/mol. The van der Waals surface area contributed by atoms with E-state index in [0.717, 1.165) is 12.1 Å². The quantitative estimate of drug-likeness (QED) is 0.661. The van der Waals surface area contributed by atoms with Gasteiger partial charge < -0.3 is 9.73 Å². The lowest BCUT2D eigenvalue weighted by molar-refractivity contribution is -0.137. The van der Waals surface area contributed by atoms with E-state index in [1.54, 1.807) is 24.3 Å². The number of nitrogens with one attached hydrogen (secondary N) is 1. The van der Waals surface area contributed by atoms with Crippen LogP contribution in [0.25, 0.3) is 11.5 Å². The number of benzene rings is 2. The highest BCUT2D eigenvalue weighted by Gasteiger charge is 2.29. The fraction of sp³-hybridized carbons (Fsp3) is 0.167. The Morgan fingerprint density at radius 3 is 2.33 bits per heavy atom. The second-order valence-corrected chi connectivity index (χ2v) is 6.07. The van der Waals surface area contributed by atoms with Crippen LogP contribution >= 0.6 is 11.6 Å². The Hall–Kier alpha value is -2.87. The van der Waals surface area contributed by atoms with E-state index in [2.05, 4.69) is 15.5 Å². The van der Waals surface area contributed by atoms with E-state index in [4.69, 9.17) is 16.0 Å². The Morgan fingerprint density at radius 1 is 1.04 bits per heavy atom. The van der Waals surface area contributed by atoms with Crippen molar-refractivity contribution in [2.24, 2.45) is 0 Å². The molecule has 0 aliphatic rings. The predicted molar refractivity (Wildman–Crippen MR) is 93.1 cm³/mol. The lowest BCUT2D eigenvalue weighted by Gasteiger charge is -2.08. The summed E-state index contributed by atoms with van der Waals surface area (Å²) in [5.74, 6) is 0.216. The molecule has 3 rings (SSSR count). The third-order valence-corrected chi connectivity index (χ3v) is 3.87. The molecule has 0 unspecified atom stereocenters. The van der Waals surface area contributed by atoms with Crippen LogP contribution in [0.4, 0.5) is 18.9 Å². The van der Waals surface area contributed by atoms with Crippen molar-refractivity contribution in [2.45, 2.75) is 19.0 Å². The van der Waals surface area contributed by atoms with Crippen molar-refractivity contribution < 1.29 is 22.4 Å². The summed E-state index contributed by atoms with van der Waals surface area (Å²) >= 11 is 5.82. The number of carbonyl (C=O) groups excluding carboxylic acids is 1. The molecule has 9 heteroatoms. The summed E-state index contributed by atoms with van der Waals surface area (Å²) in [6.45, 7) is 0. The van der Waals surface area contributed by atoms with Gasteiger partial charge in [0.05, 0.1) is 5.56 Å². The van der Waals surface area contributed by atoms with Gasteiger partial charge in [-0.15, -0.1) is 10.2 Å². The summed E-state index contributed by atoms with van der Waals surface area (Å²) in [4.78, 5) is 11.9. The molecule has 0 bridgehead atoms. The minimum atomic E-state index is -4.41. The first-order valence-corrected chi connectivity index (χ1v) is 8.24. The average Bonchev–Trinajstić information content (AvgIpc) is 3.09. The SMILES string of the molecule is O=C(CCc1nnc(-c2ccc(Cl)cc2)o1)Nc1ccc(C(F)(F)F)cc1. The van der Waals surface area contributed by atoms with Crippen molar-refractivity contribution in [2.75, 3.05) is 5.32 Å². The molecular formula is C18H13ClF3N3O2. The van der Waals surface area contributed by atoms with Crippen molar-refractivity contribution in [3.05, 3.63) is 65.0 Å². The van der Waals surface area contributed by atoms with Gasteiger partial charge in [-0.3, -0.25) is 4.79 Å². The smallest absolute Gasteiger partial charge is 0.416 e. The molecule has 2 aromatic carbocycles. The maximum absolute atomic E-state index is 12.5. The van der Waals surface area contributed by atoms with Crippen molar-refractivity contribution in [1.82, 2.24) is 10.2 Å². The fourth-order valence-corrected chi connectivity index (χ4v) is 2.38.